The Bertz CT molecular complexity index is 139. The molecule has 0 atom stereocenters. The number of allylic oxidation sites excluding steroid dienone is 1. The van der Waals surface area contributed by atoms with Gasteiger partial charge in [-0.15, -0.1) is 6.42 Å². The van der Waals surface area contributed by atoms with E-state index in [1.807, 2.05) is 11.8 Å². The van der Waals surface area contributed by atoms with Crippen molar-refractivity contribution >= 4 is 11.8 Å². The number of rotatable bonds is 0. The number of thioether (sulfide) groups is 1. The number of hydrogen-bond acceptors (Lipinski definition) is 1. The first-order chi connectivity index (χ1) is 3.93. The van der Waals surface area contributed by atoms with Gasteiger partial charge in [0.2, 0.25) is 0 Å². The van der Waals surface area contributed by atoms with E-state index in [4.69, 9.17) is 6.42 Å². The van der Waals surface area contributed by atoms with Gasteiger partial charge < -0.3 is 0 Å². The van der Waals surface area contributed by atoms with Gasteiger partial charge >= 0.3 is 0 Å². The van der Waals surface area contributed by atoms with Crippen LogP contribution in [0.25, 0.3) is 0 Å². The molecule has 0 aliphatic carbocycles. The molecule has 0 saturated carbocycles. The molecule has 8 heavy (non-hydrogen) atoms. The lowest BCUT2D eigenvalue weighted by atomic mass is 10.2. The largest absolute Gasteiger partial charge is 0.157 e. The normalized spacial score (nSPS) is 19.1. The molecule has 1 heterocycles. The van der Waals surface area contributed by atoms with E-state index < -0.39 is 0 Å². The monoisotopic (exact) mass is 124 g/mol. The minimum absolute atomic E-state index is 1.10. The van der Waals surface area contributed by atoms with Crippen molar-refractivity contribution in [2.75, 3.05) is 11.5 Å². The predicted octanol–water partition coefficient (Wildman–Crippen LogP) is 1.68. The molecule has 0 bridgehead atoms. The average Bonchev–Trinajstić information content (AvgIpc) is 1.90. The standard InChI is InChI=1S/C7H8S/c1-2-7-3-5-8-6-4-7/h1,3H,4-6H2. The summed E-state index contributed by atoms with van der Waals surface area (Å²) in [5.41, 5.74) is 1.18. The Morgan fingerprint density at radius 3 is 3.00 bits per heavy atom. The van der Waals surface area contributed by atoms with Gasteiger partial charge in [-0.2, -0.15) is 11.8 Å². The SMILES string of the molecule is C#CC1=CCSCC1. The summed E-state index contributed by atoms with van der Waals surface area (Å²) in [6, 6.07) is 0. The lowest BCUT2D eigenvalue weighted by Gasteiger charge is -2.04. The molecule has 0 fully saturated rings. The van der Waals surface area contributed by atoms with Gasteiger partial charge in [0, 0.05) is 5.75 Å². The van der Waals surface area contributed by atoms with Crippen LogP contribution in [0.4, 0.5) is 0 Å². The van der Waals surface area contributed by atoms with Crippen LogP contribution in [0.2, 0.25) is 0 Å². The lowest BCUT2D eigenvalue weighted by molar-refractivity contribution is 1.16. The van der Waals surface area contributed by atoms with Gasteiger partial charge in [0.25, 0.3) is 0 Å². The van der Waals surface area contributed by atoms with Crippen molar-refractivity contribution in [1.29, 1.82) is 0 Å². The van der Waals surface area contributed by atoms with Crippen LogP contribution in [0.3, 0.4) is 0 Å². The molecular formula is C7H8S. The summed E-state index contributed by atoms with van der Waals surface area (Å²) in [7, 11) is 0. The lowest BCUT2D eigenvalue weighted by Crippen LogP contribution is -1.91. The Kier molecular flexibility index (Phi) is 2.05. The summed E-state index contributed by atoms with van der Waals surface area (Å²) in [5.74, 6) is 4.97. The minimum atomic E-state index is 1.10. The summed E-state index contributed by atoms with van der Waals surface area (Å²) in [4.78, 5) is 0. The molecule has 42 valence electrons. The second-order valence-corrected chi connectivity index (χ2v) is 2.85. The van der Waals surface area contributed by atoms with Crippen LogP contribution in [0.1, 0.15) is 6.42 Å². The fourth-order valence-corrected chi connectivity index (χ4v) is 1.51. The quantitative estimate of drug-likeness (QED) is 0.443. The van der Waals surface area contributed by atoms with E-state index in [0.29, 0.717) is 0 Å². The first-order valence-corrected chi connectivity index (χ1v) is 3.82. The molecule has 0 aromatic heterocycles. The van der Waals surface area contributed by atoms with E-state index in [1.165, 1.54) is 11.3 Å². The molecule has 0 amide bonds. The Hall–Kier alpha value is -0.350. The van der Waals surface area contributed by atoms with E-state index in [-0.39, 0.29) is 0 Å². The molecule has 1 aliphatic rings. The van der Waals surface area contributed by atoms with Gasteiger partial charge in [-0.05, 0) is 17.7 Å². The Balaban J connectivity index is 2.53. The van der Waals surface area contributed by atoms with Gasteiger partial charge in [-0.1, -0.05) is 12.0 Å². The number of hydrogen-bond donors (Lipinski definition) is 0. The highest BCUT2D eigenvalue weighted by molar-refractivity contribution is 7.99. The predicted molar refractivity (Wildman–Crippen MR) is 38.9 cm³/mol. The third-order valence-electron chi connectivity index (χ3n) is 1.15. The minimum Gasteiger partial charge on any atom is -0.157 e. The third-order valence-corrected chi connectivity index (χ3v) is 2.04. The maximum absolute atomic E-state index is 5.18. The third kappa shape index (κ3) is 1.31. The molecule has 0 saturated heterocycles. The second-order valence-electron chi connectivity index (χ2n) is 1.70. The van der Waals surface area contributed by atoms with Crippen LogP contribution in [-0.2, 0) is 0 Å². The Morgan fingerprint density at radius 1 is 1.75 bits per heavy atom. The van der Waals surface area contributed by atoms with Crippen LogP contribution in [0.15, 0.2) is 11.6 Å². The van der Waals surface area contributed by atoms with Crippen molar-refractivity contribution in [3.8, 4) is 12.3 Å². The highest BCUT2D eigenvalue weighted by Gasteiger charge is 1.98. The molecule has 0 radical (unpaired) electrons. The number of terminal acetylenes is 1. The highest BCUT2D eigenvalue weighted by atomic mass is 32.2. The van der Waals surface area contributed by atoms with Crippen LogP contribution in [0.5, 0.6) is 0 Å². The first kappa shape index (κ1) is 5.78. The molecule has 0 aromatic rings. The molecular weight excluding hydrogens is 116 g/mol. The van der Waals surface area contributed by atoms with Gasteiger partial charge in [0.15, 0.2) is 0 Å². The smallest absolute Gasteiger partial charge is 0.0125 e. The first-order valence-electron chi connectivity index (χ1n) is 2.67. The summed E-state index contributed by atoms with van der Waals surface area (Å²) >= 11 is 1.94. The fraction of sp³-hybridized carbons (Fsp3) is 0.429. The zero-order valence-electron chi connectivity index (χ0n) is 4.68. The second kappa shape index (κ2) is 2.84. The van der Waals surface area contributed by atoms with Crippen molar-refractivity contribution in [2.24, 2.45) is 0 Å². The van der Waals surface area contributed by atoms with Crippen LogP contribution in [0, 0.1) is 12.3 Å². The van der Waals surface area contributed by atoms with E-state index in [2.05, 4.69) is 12.0 Å². The van der Waals surface area contributed by atoms with E-state index in [1.54, 1.807) is 0 Å². The zero-order valence-corrected chi connectivity index (χ0v) is 5.50. The summed E-state index contributed by atoms with van der Waals surface area (Å²) in [6.45, 7) is 0. The molecule has 0 spiro atoms. The maximum atomic E-state index is 5.18. The van der Waals surface area contributed by atoms with Crippen molar-refractivity contribution in [2.45, 2.75) is 6.42 Å². The topological polar surface area (TPSA) is 0 Å². The van der Waals surface area contributed by atoms with E-state index in [0.717, 1.165) is 12.2 Å². The Morgan fingerprint density at radius 2 is 2.62 bits per heavy atom. The average molecular weight is 124 g/mol. The van der Waals surface area contributed by atoms with Crippen molar-refractivity contribution < 1.29 is 0 Å². The maximum Gasteiger partial charge on any atom is 0.0125 e. The summed E-state index contributed by atoms with van der Waals surface area (Å²) < 4.78 is 0. The van der Waals surface area contributed by atoms with Gasteiger partial charge in [0.1, 0.15) is 0 Å². The molecule has 1 heteroatoms. The van der Waals surface area contributed by atoms with Crippen molar-refractivity contribution in [1.82, 2.24) is 0 Å². The van der Waals surface area contributed by atoms with Crippen LogP contribution < -0.4 is 0 Å². The van der Waals surface area contributed by atoms with Gasteiger partial charge in [-0.25, -0.2) is 0 Å². The fourth-order valence-electron chi connectivity index (χ4n) is 0.658. The molecule has 1 aliphatic heterocycles. The highest BCUT2D eigenvalue weighted by Crippen LogP contribution is 2.15. The van der Waals surface area contributed by atoms with E-state index >= 15 is 0 Å². The van der Waals surface area contributed by atoms with Crippen LogP contribution >= 0.6 is 11.8 Å². The molecule has 0 nitrogen and oxygen atoms in total. The Labute approximate surface area is 54.4 Å². The molecule has 0 unspecified atom stereocenters. The van der Waals surface area contributed by atoms with Gasteiger partial charge in [-0.3, -0.25) is 0 Å². The molecule has 0 N–H and O–H groups in total. The van der Waals surface area contributed by atoms with E-state index in [9.17, 15) is 0 Å². The summed E-state index contributed by atoms with van der Waals surface area (Å²) in [5, 5.41) is 0. The van der Waals surface area contributed by atoms with Crippen molar-refractivity contribution in [3.05, 3.63) is 11.6 Å². The van der Waals surface area contributed by atoms with Crippen LogP contribution in [-0.4, -0.2) is 11.5 Å². The molecule has 0 aromatic carbocycles. The summed E-state index contributed by atoms with van der Waals surface area (Å²) in [6.07, 6.45) is 8.41. The van der Waals surface area contributed by atoms with Gasteiger partial charge in [0.05, 0.1) is 0 Å². The molecule has 1 rings (SSSR count). The zero-order chi connectivity index (χ0) is 5.82. The van der Waals surface area contributed by atoms with Crippen molar-refractivity contribution in [3.63, 3.8) is 0 Å².